The third-order valence-corrected chi connectivity index (χ3v) is 22.2. The van der Waals surface area contributed by atoms with Crippen LogP contribution in [0.1, 0.15) is 86.9 Å². The third-order valence-electron chi connectivity index (χ3n) is 15.9. The van der Waals surface area contributed by atoms with E-state index in [9.17, 15) is 24.0 Å². The van der Waals surface area contributed by atoms with E-state index in [1.54, 1.807) is 26.8 Å². The van der Waals surface area contributed by atoms with Crippen LogP contribution in [-0.2, 0) is 88.4 Å². The maximum atomic E-state index is 15.4. The minimum Gasteiger partial charge on any atom is -0.489 e. The predicted molar refractivity (Wildman–Crippen MR) is 376 cm³/mol. The molecule has 0 bridgehead atoms. The number of alkyl carbamates (subject to hydrolysis) is 3. The van der Waals surface area contributed by atoms with E-state index in [2.05, 4.69) is 61.7 Å². The van der Waals surface area contributed by atoms with E-state index < -0.39 is 82.3 Å². The molecule has 0 fully saturated rings. The fourth-order valence-corrected chi connectivity index (χ4v) is 11.7. The highest BCUT2D eigenvalue weighted by atomic mass is 28.4. The van der Waals surface area contributed by atoms with Gasteiger partial charge in [-0.25, -0.2) is 24.0 Å². The van der Waals surface area contributed by atoms with Gasteiger partial charge < -0.3 is 58.9 Å². The summed E-state index contributed by atoms with van der Waals surface area (Å²) in [5, 5.41) is 11.0. The number of hydrogen-bond donors (Lipinski definition) is 4. The monoisotopic (exact) mass is 1340 g/mol. The minimum atomic E-state index is -2.68. The SMILES string of the molecule is CC(C)(C)OC(=O)N[C@@H](C[C@H](CNC(=O)OCc1ccccc1)O[Si](C)(C)C(C)(C)C)C(=O)N[C@@H](Cc1cc(-c2ccc(OCc3ccccc3)c(C[C@H](NC(=O)OCc3ccccc3)C(=O)OCC[Si](C)(C)C)c2)ccc1OCc1ccccc1)C(=O)OCc1ccccc1. The van der Waals surface area contributed by atoms with Gasteiger partial charge in [-0.2, -0.15) is 0 Å². The third kappa shape index (κ3) is 25.5. The summed E-state index contributed by atoms with van der Waals surface area (Å²) in [7, 11) is -4.33. The van der Waals surface area contributed by atoms with Gasteiger partial charge in [0.05, 0.1) is 12.7 Å². The lowest BCUT2D eigenvalue weighted by atomic mass is 9.95. The number of amides is 4. The zero-order valence-corrected chi connectivity index (χ0v) is 59.2. The predicted octanol–water partition coefficient (Wildman–Crippen LogP) is 14.6. The number of esters is 2. The molecule has 18 nitrogen and oxygen atoms in total. The lowest BCUT2D eigenvalue weighted by molar-refractivity contribution is -0.149. The molecular weight excluding hydrogens is 1250 g/mol. The van der Waals surface area contributed by atoms with Gasteiger partial charge >= 0.3 is 30.2 Å². The van der Waals surface area contributed by atoms with Crippen LogP contribution in [0.3, 0.4) is 0 Å². The second kappa shape index (κ2) is 35.5. The fraction of sp³-hybridized carbons (Fsp3) is 0.368. The van der Waals surface area contributed by atoms with E-state index in [4.69, 9.17) is 37.6 Å². The number of carbonyl (C=O) groups is 6. The number of carbonyl (C=O) groups excluding carboxylic acids is 6. The highest BCUT2D eigenvalue weighted by molar-refractivity contribution is 6.76. The average molecular weight is 1340 g/mol. The van der Waals surface area contributed by atoms with E-state index in [0.29, 0.717) is 45.4 Å². The summed E-state index contributed by atoms with van der Waals surface area (Å²) in [5.74, 6) is -1.38. The highest BCUT2D eigenvalue weighted by Crippen LogP contribution is 2.38. The quantitative estimate of drug-likeness (QED) is 0.0175. The number of nitrogens with one attached hydrogen (secondary N) is 4. The maximum Gasteiger partial charge on any atom is 0.408 e. The minimum absolute atomic E-state index is 0.0115. The molecule has 0 unspecified atom stereocenters. The summed E-state index contributed by atoms with van der Waals surface area (Å²) >= 11 is 0. The first kappa shape index (κ1) is 74.2. The van der Waals surface area contributed by atoms with Gasteiger partial charge in [0.25, 0.3) is 0 Å². The van der Waals surface area contributed by atoms with Crippen molar-refractivity contribution in [3.05, 3.63) is 227 Å². The van der Waals surface area contributed by atoms with Crippen molar-refractivity contribution in [3.8, 4) is 22.6 Å². The van der Waals surface area contributed by atoms with Gasteiger partial charge in [0.2, 0.25) is 5.91 Å². The zero-order valence-electron chi connectivity index (χ0n) is 57.2. The van der Waals surface area contributed by atoms with Crippen LogP contribution in [0.15, 0.2) is 188 Å². The van der Waals surface area contributed by atoms with E-state index in [0.717, 1.165) is 22.3 Å². The van der Waals surface area contributed by atoms with Crippen LogP contribution in [-0.4, -0.2) is 95.5 Å². The van der Waals surface area contributed by atoms with Crippen molar-refractivity contribution in [3.63, 3.8) is 0 Å². The number of rotatable bonds is 32. The summed E-state index contributed by atoms with van der Waals surface area (Å²) in [5.41, 5.74) is 5.38. The first-order valence-corrected chi connectivity index (χ1v) is 39.1. The van der Waals surface area contributed by atoms with Gasteiger partial charge in [-0.1, -0.05) is 204 Å². The van der Waals surface area contributed by atoms with Crippen LogP contribution in [0.5, 0.6) is 11.5 Å². The fourth-order valence-electron chi connectivity index (χ4n) is 9.66. The average Bonchev–Trinajstić information content (AvgIpc) is 0.863. The standard InChI is InChI=1S/C76H94N4O14Si2/c1-75(2,3)93-74(86)79-64(47-63(94-96(10,11)76(4,5)6)48-77-72(84)91-52-57-33-23-15-24-34-57)69(81)78-65(71(83)90-51-56-31-21-14-22-32-56)45-61-43-59(37-39-67(61)88-49-54-27-17-12-18-28-54)60-38-40-68(89-50-55-29-19-13-20-30-55)62(44-60)46-66(70(82)87-41-42-95(7,8)9)80-73(85)92-53-58-35-25-16-26-36-58/h12-40,43-44,63-66H,41-42,45-53H2,1-11H3,(H,77,84)(H,78,81)(H,79,86)(H,80,85)/t63-,64+,65+,66+/m1/s1. The van der Waals surface area contributed by atoms with Crippen LogP contribution in [0, 0.1) is 0 Å². The topological polar surface area (TPSA) is 224 Å². The van der Waals surface area contributed by atoms with E-state index >= 15 is 4.79 Å². The molecule has 7 aromatic carbocycles. The lowest BCUT2D eigenvalue weighted by Crippen LogP contribution is -2.56. The van der Waals surface area contributed by atoms with Crippen LogP contribution in [0.4, 0.5) is 14.4 Å². The molecule has 0 saturated heterocycles. The molecule has 7 rings (SSSR count). The molecular formula is C76H94N4O14Si2. The first-order chi connectivity index (χ1) is 45.6. The van der Waals surface area contributed by atoms with Crippen molar-refractivity contribution in [2.24, 2.45) is 0 Å². The summed E-state index contributed by atoms with van der Waals surface area (Å²) in [6.07, 6.45) is -3.75. The van der Waals surface area contributed by atoms with Crippen molar-refractivity contribution in [2.45, 2.75) is 167 Å². The number of hydrogen-bond acceptors (Lipinski definition) is 14. The van der Waals surface area contributed by atoms with Crippen molar-refractivity contribution in [2.75, 3.05) is 13.2 Å². The Morgan fingerprint density at radius 1 is 0.438 bits per heavy atom. The van der Waals surface area contributed by atoms with Crippen LogP contribution in [0.2, 0.25) is 43.8 Å². The second-order valence-electron chi connectivity index (χ2n) is 27.4. The van der Waals surface area contributed by atoms with Crippen LogP contribution < -0.4 is 30.7 Å². The second-order valence-corrected chi connectivity index (χ2v) is 37.7. The Morgan fingerprint density at radius 2 is 0.833 bits per heavy atom. The molecule has 96 heavy (non-hydrogen) atoms. The van der Waals surface area contributed by atoms with Gasteiger partial charge in [0.1, 0.15) is 68.3 Å². The van der Waals surface area contributed by atoms with Gasteiger partial charge in [-0.05, 0) is 119 Å². The molecule has 0 radical (unpaired) electrons. The Balaban J connectivity index is 1.28. The molecule has 20 heteroatoms. The molecule has 0 spiro atoms. The molecule has 0 aliphatic carbocycles. The maximum absolute atomic E-state index is 15.4. The van der Waals surface area contributed by atoms with Crippen LogP contribution >= 0.6 is 0 Å². The lowest BCUT2D eigenvalue weighted by Gasteiger charge is -2.40. The van der Waals surface area contributed by atoms with Crippen LogP contribution in [0.25, 0.3) is 11.1 Å². The molecule has 0 heterocycles. The molecule has 4 atom stereocenters. The van der Waals surface area contributed by atoms with Gasteiger partial charge in [0, 0.05) is 33.9 Å². The Kier molecular flexibility index (Phi) is 27.4. The molecule has 4 amide bonds. The Bertz CT molecular complexity index is 3620. The molecule has 0 saturated carbocycles. The molecule has 0 aromatic heterocycles. The summed E-state index contributed by atoms with van der Waals surface area (Å²) in [6, 6.07) is 54.5. The normalized spacial score (nSPS) is 12.9. The molecule has 0 aliphatic heterocycles. The first-order valence-electron chi connectivity index (χ1n) is 32.5. The smallest absolute Gasteiger partial charge is 0.408 e. The molecule has 4 N–H and O–H groups in total. The van der Waals surface area contributed by atoms with Gasteiger partial charge in [-0.15, -0.1) is 0 Å². The Morgan fingerprint density at radius 3 is 1.26 bits per heavy atom. The number of benzene rings is 7. The Labute approximate surface area is 567 Å². The van der Waals surface area contributed by atoms with Gasteiger partial charge in [0.15, 0.2) is 8.32 Å². The van der Waals surface area contributed by atoms with Crippen molar-refractivity contribution >= 4 is 52.5 Å². The summed E-state index contributed by atoms with van der Waals surface area (Å²) in [4.78, 5) is 85.5. The van der Waals surface area contributed by atoms with Crippen molar-refractivity contribution in [1.29, 1.82) is 0 Å². The molecule has 7 aromatic rings. The van der Waals surface area contributed by atoms with Crippen molar-refractivity contribution < 1.29 is 66.4 Å². The Hall–Kier alpha value is -9.25. The zero-order chi connectivity index (χ0) is 69.3. The largest absolute Gasteiger partial charge is 0.489 e. The van der Waals surface area contributed by atoms with Gasteiger partial charge in [-0.3, -0.25) is 4.79 Å². The molecule has 0 aliphatic rings. The van der Waals surface area contributed by atoms with E-state index in [-0.39, 0.29) is 70.5 Å². The van der Waals surface area contributed by atoms with Crippen molar-refractivity contribution in [1.82, 2.24) is 21.3 Å². The van der Waals surface area contributed by atoms with E-state index in [1.807, 2.05) is 195 Å². The summed E-state index contributed by atoms with van der Waals surface area (Å²) in [6.45, 7) is 22.1. The van der Waals surface area contributed by atoms with E-state index in [1.165, 1.54) is 0 Å². The molecule has 510 valence electrons. The highest BCUT2D eigenvalue weighted by Gasteiger charge is 2.41. The summed E-state index contributed by atoms with van der Waals surface area (Å²) < 4.78 is 49.0. The number of ether oxygens (including phenoxy) is 7.